The van der Waals surface area contributed by atoms with Crippen molar-refractivity contribution in [1.29, 1.82) is 0 Å². The van der Waals surface area contributed by atoms with Gasteiger partial charge in [0.05, 0.1) is 24.2 Å². The highest BCUT2D eigenvalue weighted by atomic mass is 32.2. The molecule has 4 N–H and O–H groups in total. The maximum absolute atomic E-state index is 13.9. The van der Waals surface area contributed by atoms with E-state index in [1.54, 1.807) is 18.3 Å². The van der Waals surface area contributed by atoms with Crippen LogP contribution in [0.4, 0.5) is 14.6 Å². The maximum atomic E-state index is 13.9. The highest BCUT2D eigenvalue weighted by Crippen LogP contribution is 2.43. The molecule has 0 radical (unpaired) electrons. The molecule has 1 atom stereocenters. The Morgan fingerprint density at radius 3 is 3.00 bits per heavy atom. The molecule has 0 fully saturated rings. The topological polar surface area (TPSA) is 112 Å². The van der Waals surface area contributed by atoms with E-state index in [2.05, 4.69) is 30.8 Å². The number of anilines is 1. The van der Waals surface area contributed by atoms with Crippen LogP contribution in [0.5, 0.6) is 0 Å². The largest absolute Gasteiger partial charge is 0.453 e. The fourth-order valence-electron chi connectivity index (χ4n) is 4.03. The third kappa shape index (κ3) is 2.96. The first-order valence-electron chi connectivity index (χ1n) is 9.46. The van der Waals surface area contributed by atoms with Gasteiger partial charge < -0.3 is 20.0 Å². The van der Waals surface area contributed by atoms with E-state index in [-0.39, 0.29) is 23.4 Å². The number of fused-ring (bicyclic) bond motifs is 2. The van der Waals surface area contributed by atoms with Crippen LogP contribution >= 0.6 is 11.8 Å². The van der Waals surface area contributed by atoms with Crippen LogP contribution in [0.2, 0.25) is 0 Å². The summed E-state index contributed by atoms with van der Waals surface area (Å²) in [4.78, 5) is 19.8. The molecule has 0 amide bonds. The molecule has 11 heteroatoms. The molecule has 31 heavy (non-hydrogen) atoms. The van der Waals surface area contributed by atoms with Crippen LogP contribution in [0, 0.1) is 11.6 Å². The third-order valence-corrected chi connectivity index (χ3v) is 6.13. The van der Waals surface area contributed by atoms with Crippen LogP contribution in [0.1, 0.15) is 17.2 Å². The molecule has 8 nitrogen and oxygen atoms in total. The van der Waals surface area contributed by atoms with Gasteiger partial charge in [0, 0.05) is 29.4 Å². The van der Waals surface area contributed by atoms with Crippen molar-refractivity contribution < 1.29 is 18.0 Å². The Bertz CT molecular complexity index is 1390. The van der Waals surface area contributed by atoms with Gasteiger partial charge >= 0.3 is 0 Å². The lowest BCUT2D eigenvalue weighted by molar-refractivity contribution is -0.115. The Morgan fingerprint density at radius 1 is 1.19 bits per heavy atom. The van der Waals surface area contributed by atoms with Gasteiger partial charge in [-0.3, -0.25) is 9.89 Å². The third-order valence-electron chi connectivity index (χ3n) is 5.32. The van der Waals surface area contributed by atoms with Crippen LogP contribution in [0.3, 0.4) is 0 Å². The number of furan rings is 1. The van der Waals surface area contributed by atoms with Crippen LogP contribution < -0.4 is 10.6 Å². The van der Waals surface area contributed by atoms with Crippen molar-refractivity contribution in [2.45, 2.75) is 16.2 Å². The maximum Gasteiger partial charge on any atom is 0.175 e. The average Bonchev–Trinajstić information content (AvgIpc) is 3.46. The molecule has 1 aromatic carbocycles. The lowest BCUT2D eigenvalue weighted by atomic mass is 9.82. The molecule has 0 saturated heterocycles. The molecular formula is C20H14F2N6O2S. The summed E-state index contributed by atoms with van der Waals surface area (Å²) in [7, 11) is 0. The van der Waals surface area contributed by atoms with Crippen molar-refractivity contribution in [3.63, 3.8) is 0 Å². The van der Waals surface area contributed by atoms with Gasteiger partial charge in [-0.15, -0.1) is 0 Å². The number of carbonyl (C=O) groups excluding carboxylic acids is 1. The van der Waals surface area contributed by atoms with Gasteiger partial charge in [0.2, 0.25) is 0 Å². The molecular weight excluding hydrogens is 426 g/mol. The van der Waals surface area contributed by atoms with Gasteiger partial charge in [0.15, 0.2) is 21.8 Å². The summed E-state index contributed by atoms with van der Waals surface area (Å²) in [6, 6.07) is 5.55. The highest BCUT2D eigenvalue weighted by molar-refractivity contribution is 7.99. The number of carbonyl (C=O) groups is 1. The van der Waals surface area contributed by atoms with Crippen LogP contribution in [-0.2, 0) is 4.79 Å². The van der Waals surface area contributed by atoms with Crippen LogP contribution in [-0.4, -0.2) is 39.0 Å². The Kier molecular flexibility index (Phi) is 4.02. The zero-order valence-electron chi connectivity index (χ0n) is 15.8. The average molecular weight is 440 g/mol. The second-order valence-corrected chi connectivity index (χ2v) is 8.26. The number of aromatic amines is 2. The normalized spacial score (nSPS) is 18.3. The monoisotopic (exact) mass is 440 g/mol. The number of imidazole rings is 1. The van der Waals surface area contributed by atoms with Crippen molar-refractivity contribution >= 4 is 34.4 Å². The molecule has 0 spiro atoms. The predicted molar refractivity (Wildman–Crippen MR) is 108 cm³/mol. The fraction of sp³-hybridized carbons (Fsp3) is 0.150. The van der Waals surface area contributed by atoms with Crippen LogP contribution in [0.15, 0.2) is 56.4 Å². The molecule has 0 aliphatic carbocycles. The standard InChI is InChI=1S/C20H14F2N6O2S/c21-8-3-10(22)18-11(4-8)26-20(27-18)31-15-2-1-14(30-15)16-9-5-24-28-19(9)25-12-6-23-7-13(29)17(12)16/h1-5,16,23H,6-7H2,(H,26,27)(H2,24,25,28). The van der Waals surface area contributed by atoms with Crippen molar-refractivity contribution in [2.24, 2.45) is 0 Å². The summed E-state index contributed by atoms with van der Waals surface area (Å²) < 4.78 is 33.4. The van der Waals surface area contributed by atoms with Gasteiger partial charge in [0.25, 0.3) is 0 Å². The summed E-state index contributed by atoms with van der Waals surface area (Å²) in [6.45, 7) is 0.799. The summed E-state index contributed by atoms with van der Waals surface area (Å²) in [6.07, 6.45) is 1.68. The number of Topliss-reactive ketones (excluding diaryl/α,β-unsaturated/α-hetero) is 1. The number of hydrogen-bond acceptors (Lipinski definition) is 7. The SMILES string of the molecule is O=C1CNCC2=C1C(c1ccc(Sc3nc4c(F)cc(F)cc4[nH]3)o1)c1cn[nH]c1N2. The van der Waals surface area contributed by atoms with E-state index < -0.39 is 17.6 Å². The molecule has 4 aromatic rings. The summed E-state index contributed by atoms with van der Waals surface area (Å²) in [5.41, 5.74) is 2.59. The highest BCUT2D eigenvalue weighted by Gasteiger charge is 2.37. The smallest absolute Gasteiger partial charge is 0.175 e. The van der Waals surface area contributed by atoms with Gasteiger partial charge in [-0.05, 0) is 30.0 Å². The van der Waals surface area contributed by atoms with Crippen molar-refractivity contribution in [2.75, 3.05) is 18.4 Å². The second-order valence-electron chi connectivity index (χ2n) is 7.26. The van der Waals surface area contributed by atoms with E-state index in [1.807, 2.05) is 0 Å². The van der Waals surface area contributed by atoms with Crippen LogP contribution in [0.25, 0.3) is 11.0 Å². The number of rotatable bonds is 3. The first-order chi connectivity index (χ1) is 15.1. The van der Waals surface area contributed by atoms with E-state index in [1.165, 1.54) is 6.07 Å². The zero-order valence-corrected chi connectivity index (χ0v) is 16.6. The number of aromatic nitrogens is 4. The second kappa shape index (κ2) is 6.79. The molecule has 156 valence electrons. The number of nitrogens with one attached hydrogen (secondary N) is 4. The molecule has 5 heterocycles. The lowest BCUT2D eigenvalue weighted by Crippen LogP contribution is -2.39. The number of halogens is 2. The Labute approximate surface area is 177 Å². The van der Waals surface area contributed by atoms with Gasteiger partial charge in [-0.25, -0.2) is 13.8 Å². The molecule has 2 aliphatic heterocycles. The Hall–Kier alpha value is -3.44. The first-order valence-corrected chi connectivity index (χ1v) is 10.3. The number of H-pyrrole nitrogens is 2. The molecule has 0 saturated carbocycles. The molecule has 0 bridgehead atoms. The zero-order chi connectivity index (χ0) is 21.1. The number of ketones is 1. The van der Waals surface area contributed by atoms with E-state index >= 15 is 0 Å². The van der Waals surface area contributed by atoms with E-state index in [4.69, 9.17) is 4.42 Å². The molecule has 6 rings (SSSR count). The molecule has 3 aromatic heterocycles. The fourth-order valence-corrected chi connectivity index (χ4v) is 4.79. The quantitative estimate of drug-likeness (QED) is 0.387. The van der Waals surface area contributed by atoms with Crippen molar-refractivity contribution in [3.05, 3.63) is 64.7 Å². The van der Waals surface area contributed by atoms with E-state index in [9.17, 15) is 13.6 Å². The Morgan fingerprint density at radius 2 is 2.10 bits per heavy atom. The van der Waals surface area contributed by atoms with E-state index in [0.717, 1.165) is 34.9 Å². The number of benzene rings is 1. The van der Waals surface area contributed by atoms with E-state index in [0.29, 0.717) is 28.1 Å². The van der Waals surface area contributed by atoms with Gasteiger partial charge in [-0.2, -0.15) is 5.10 Å². The summed E-state index contributed by atoms with van der Waals surface area (Å²) in [5, 5.41) is 14.2. The Balaban J connectivity index is 1.36. The van der Waals surface area contributed by atoms with Gasteiger partial charge in [0.1, 0.15) is 22.9 Å². The minimum atomic E-state index is -0.732. The molecule has 1 unspecified atom stereocenters. The lowest BCUT2D eigenvalue weighted by Gasteiger charge is -2.30. The predicted octanol–water partition coefficient (Wildman–Crippen LogP) is 3.29. The minimum absolute atomic E-state index is 0.00834. The summed E-state index contributed by atoms with van der Waals surface area (Å²) in [5.74, 6) is -0.502. The summed E-state index contributed by atoms with van der Waals surface area (Å²) >= 11 is 1.15. The number of nitrogens with zero attached hydrogens (tertiary/aromatic N) is 2. The van der Waals surface area contributed by atoms with Crippen molar-refractivity contribution in [1.82, 2.24) is 25.5 Å². The number of hydrogen-bond donors (Lipinski definition) is 4. The van der Waals surface area contributed by atoms with Gasteiger partial charge in [-0.1, -0.05) is 0 Å². The van der Waals surface area contributed by atoms with Crippen molar-refractivity contribution in [3.8, 4) is 0 Å². The molecule has 2 aliphatic rings. The minimum Gasteiger partial charge on any atom is -0.453 e. The first kappa shape index (κ1) is 18.3.